The fourth-order valence-electron chi connectivity index (χ4n) is 2.47. The van der Waals surface area contributed by atoms with Gasteiger partial charge in [-0.25, -0.2) is 9.59 Å². The Labute approximate surface area is 150 Å². The molecule has 0 bridgehead atoms. The van der Waals surface area contributed by atoms with E-state index < -0.39 is 18.0 Å². The molecule has 0 spiro atoms. The Kier molecular flexibility index (Phi) is 5.79. The SMILES string of the molecule is COc1ccc(C2NC(=O)NC(C)=C2C(=O)OCC(C)C)c(Cl)c1O. The predicted molar refractivity (Wildman–Crippen MR) is 92.6 cm³/mol. The number of urea groups is 1. The van der Waals surface area contributed by atoms with Crippen LogP contribution in [0.15, 0.2) is 23.4 Å². The Morgan fingerprint density at radius 3 is 2.68 bits per heavy atom. The number of rotatable bonds is 5. The molecular formula is C17H21ClN2O5. The van der Waals surface area contributed by atoms with E-state index >= 15 is 0 Å². The standard InChI is InChI=1S/C17H21ClN2O5/c1-8(2)7-25-16(22)12-9(3)19-17(23)20-14(12)10-5-6-11(24-4)15(21)13(10)18/h5-6,8,14,21H,7H2,1-4H3,(H2,19,20,23). The third-order valence-electron chi connectivity index (χ3n) is 3.68. The van der Waals surface area contributed by atoms with Crippen molar-refractivity contribution in [3.8, 4) is 11.5 Å². The molecule has 25 heavy (non-hydrogen) atoms. The summed E-state index contributed by atoms with van der Waals surface area (Å²) in [4.78, 5) is 24.4. The molecule has 1 atom stereocenters. The molecule has 0 saturated carbocycles. The molecule has 0 fully saturated rings. The zero-order chi connectivity index (χ0) is 18.7. The van der Waals surface area contributed by atoms with Crippen molar-refractivity contribution in [1.82, 2.24) is 10.6 Å². The maximum atomic E-state index is 12.5. The zero-order valence-corrected chi connectivity index (χ0v) is 15.2. The van der Waals surface area contributed by atoms with Gasteiger partial charge in [0, 0.05) is 11.3 Å². The first-order chi connectivity index (χ1) is 11.8. The summed E-state index contributed by atoms with van der Waals surface area (Å²) in [7, 11) is 1.40. The third-order valence-corrected chi connectivity index (χ3v) is 4.07. The molecule has 136 valence electrons. The third kappa shape index (κ3) is 3.99. The van der Waals surface area contributed by atoms with E-state index in [2.05, 4.69) is 10.6 Å². The van der Waals surface area contributed by atoms with Gasteiger partial charge in [0.15, 0.2) is 11.5 Å². The Hall–Kier alpha value is -2.41. The van der Waals surface area contributed by atoms with Gasteiger partial charge in [-0.05, 0) is 18.9 Å². The van der Waals surface area contributed by atoms with Crippen LogP contribution in [0.1, 0.15) is 32.4 Å². The summed E-state index contributed by atoms with van der Waals surface area (Å²) >= 11 is 6.23. The number of aromatic hydroxyl groups is 1. The number of ether oxygens (including phenoxy) is 2. The van der Waals surface area contributed by atoms with Crippen molar-refractivity contribution >= 4 is 23.6 Å². The van der Waals surface area contributed by atoms with Crippen LogP contribution < -0.4 is 15.4 Å². The van der Waals surface area contributed by atoms with Crippen LogP contribution in [-0.4, -0.2) is 30.8 Å². The van der Waals surface area contributed by atoms with Crippen molar-refractivity contribution in [2.24, 2.45) is 5.92 Å². The lowest BCUT2D eigenvalue weighted by atomic mass is 9.95. The number of esters is 1. The first kappa shape index (κ1) is 18.9. The normalized spacial score (nSPS) is 17.2. The Bertz CT molecular complexity index is 730. The molecule has 1 aliphatic rings. The number of carbonyl (C=O) groups excluding carboxylic acids is 2. The number of hydrogen-bond donors (Lipinski definition) is 3. The van der Waals surface area contributed by atoms with Crippen molar-refractivity contribution in [3.05, 3.63) is 34.0 Å². The van der Waals surface area contributed by atoms with Crippen LogP contribution in [0.2, 0.25) is 5.02 Å². The lowest BCUT2D eigenvalue weighted by Gasteiger charge is -2.29. The summed E-state index contributed by atoms with van der Waals surface area (Å²) in [5.74, 6) is -0.459. The molecule has 1 unspecified atom stereocenters. The van der Waals surface area contributed by atoms with Crippen LogP contribution in [0.5, 0.6) is 11.5 Å². The number of halogens is 1. The zero-order valence-electron chi connectivity index (χ0n) is 14.5. The molecule has 3 N–H and O–H groups in total. The predicted octanol–water partition coefficient (Wildman–Crippen LogP) is 2.88. The minimum absolute atomic E-state index is 0.00601. The maximum Gasteiger partial charge on any atom is 0.338 e. The van der Waals surface area contributed by atoms with Gasteiger partial charge in [0.2, 0.25) is 0 Å². The molecule has 2 amide bonds. The van der Waals surface area contributed by atoms with E-state index in [1.54, 1.807) is 13.0 Å². The number of phenolic OH excluding ortho intramolecular Hbond substituents is 1. The summed E-state index contributed by atoms with van der Waals surface area (Å²) in [6.45, 7) is 5.70. The van der Waals surface area contributed by atoms with Crippen molar-refractivity contribution in [1.29, 1.82) is 0 Å². The number of carbonyl (C=O) groups is 2. The lowest BCUT2D eigenvalue weighted by molar-refractivity contribution is -0.140. The molecule has 1 heterocycles. The molecular weight excluding hydrogens is 348 g/mol. The van der Waals surface area contributed by atoms with Crippen molar-refractivity contribution < 1.29 is 24.2 Å². The van der Waals surface area contributed by atoms with Crippen LogP contribution >= 0.6 is 11.6 Å². The van der Waals surface area contributed by atoms with Gasteiger partial charge in [-0.2, -0.15) is 0 Å². The van der Waals surface area contributed by atoms with E-state index in [-0.39, 0.29) is 34.6 Å². The van der Waals surface area contributed by atoms with E-state index in [4.69, 9.17) is 21.1 Å². The average molecular weight is 369 g/mol. The summed E-state index contributed by atoms with van der Waals surface area (Å²) in [5.41, 5.74) is 0.964. The molecule has 0 saturated heterocycles. The maximum absolute atomic E-state index is 12.5. The fraction of sp³-hybridized carbons (Fsp3) is 0.412. The first-order valence-electron chi connectivity index (χ1n) is 7.77. The summed E-state index contributed by atoms with van der Waals surface area (Å²) in [6, 6.07) is 1.77. The number of benzene rings is 1. The average Bonchev–Trinajstić information content (AvgIpc) is 2.54. The Balaban J connectivity index is 2.46. The summed E-state index contributed by atoms with van der Waals surface area (Å²) in [5, 5.41) is 15.3. The van der Waals surface area contributed by atoms with Gasteiger partial charge in [-0.15, -0.1) is 0 Å². The number of methoxy groups -OCH3 is 1. The molecule has 1 aliphatic heterocycles. The van der Waals surface area contributed by atoms with Crippen molar-refractivity contribution in [3.63, 3.8) is 0 Å². The van der Waals surface area contributed by atoms with E-state index in [0.717, 1.165) is 0 Å². The molecule has 7 nitrogen and oxygen atoms in total. The highest BCUT2D eigenvalue weighted by molar-refractivity contribution is 6.33. The van der Waals surface area contributed by atoms with Gasteiger partial charge in [-0.1, -0.05) is 31.5 Å². The van der Waals surface area contributed by atoms with Crippen molar-refractivity contribution in [2.75, 3.05) is 13.7 Å². The van der Waals surface area contributed by atoms with Gasteiger partial charge in [0.05, 0.1) is 30.4 Å². The molecule has 1 aromatic carbocycles. The second kappa shape index (κ2) is 7.65. The van der Waals surface area contributed by atoms with Crippen molar-refractivity contribution in [2.45, 2.75) is 26.8 Å². The van der Waals surface area contributed by atoms with Crippen LogP contribution in [-0.2, 0) is 9.53 Å². The van der Waals surface area contributed by atoms with E-state index in [9.17, 15) is 14.7 Å². The smallest absolute Gasteiger partial charge is 0.338 e. The van der Waals surface area contributed by atoms with E-state index in [0.29, 0.717) is 11.3 Å². The molecule has 0 aromatic heterocycles. The molecule has 1 aromatic rings. The van der Waals surface area contributed by atoms with E-state index in [1.807, 2.05) is 13.8 Å². The minimum atomic E-state index is -0.849. The van der Waals surface area contributed by atoms with Crippen LogP contribution in [0.25, 0.3) is 0 Å². The fourth-order valence-corrected chi connectivity index (χ4v) is 2.73. The second-order valence-corrected chi connectivity index (χ2v) is 6.46. The number of nitrogens with one attached hydrogen (secondary N) is 2. The van der Waals surface area contributed by atoms with Gasteiger partial charge in [-0.3, -0.25) is 0 Å². The second-order valence-electron chi connectivity index (χ2n) is 6.08. The van der Waals surface area contributed by atoms with Gasteiger partial charge >= 0.3 is 12.0 Å². The van der Waals surface area contributed by atoms with E-state index in [1.165, 1.54) is 13.2 Å². The lowest BCUT2D eigenvalue weighted by Crippen LogP contribution is -2.45. The van der Waals surface area contributed by atoms with Gasteiger partial charge in [0.25, 0.3) is 0 Å². The van der Waals surface area contributed by atoms with Crippen LogP contribution in [0, 0.1) is 5.92 Å². The largest absolute Gasteiger partial charge is 0.503 e. The molecule has 8 heteroatoms. The molecule has 2 rings (SSSR count). The minimum Gasteiger partial charge on any atom is -0.503 e. The first-order valence-corrected chi connectivity index (χ1v) is 8.14. The van der Waals surface area contributed by atoms with Crippen LogP contribution in [0.3, 0.4) is 0 Å². The molecule has 0 radical (unpaired) electrons. The quantitative estimate of drug-likeness (QED) is 0.694. The van der Waals surface area contributed by atoms with Gasteiger partial charge < -0.3 is 25.2 Å². The topological polar surface area (TPSA) is 96.9 Å². The summed E-state index contributed by atoms with van der Waals surface area (Å²) in [6.07, 6.45) is 0. The number of hydrogen-bond acceptors (Lipinski definition) is 5. The molecule has 0 aliphatic carbocycles. The highest BCUT2D eigenvalue weighted by atomic mass is 35.5. The van der Waals surface area contributed by atoms with Gasteiger partial charge in [0.1, 0.15) is 0 Å². The number of allylic oxidation sites excluding steroid dienone is 1. The Morgan fingerprint density at radius 2 is 2.08 bits per heavy atom. The monoisotopic (exact) mass is 368 g/mol. The Morgan fingerprint density at radius 1 is 1.40 bits per heavy atom. The number of phenols is 1. The van der Waals surface area contributed by atoms with Crippen LogP contribution in [0.4, 0.5) is 4.79 Å². The number of amides is 2. The highest BCUT2D eigenvalue weighted by Gasteiger charge is 2.34. The highest BCUT2D eigenvalue weighted by Crippen LogP contribution is 2.41. The summed E-state index contributed by atoms with van der Waals surface area (Å²) < 4.78 is 10.3.